The van der Waals surface area contributed by atoms with Gasteiger partial charge in [0.25, 0.3) is 0 Å². The maximum absolute atomic E-state index is 11.8. The van der Waals surface area contributed by atoms with Gasteiger partial charge in [-0.15, -0.1) is 18.9 Å². The number of methoxy groups -OCH3 is 2. The van der Waals surface area contributed by atoms with Crippen molar-refractivity contribution in [2.75, 3.05) is 14.2 Å². The molecule has 0 saturated carbocycles. The standard InChI is InChI=1S/C13H18O4/c1-6-8-13(11(14)16-4,12(15)17-5)9-10(3)7-2/h1,7,10H,2,8-9H2,3-5H3. The minimum Gasteiger partial charge on any atom is -0.468 e. The van der Waals surface area contributed by atoms with Crippen molar-refractivity contribution in [2.24, 2.45) is 11.3 Å². The summed E-state index contributed by atoms with van der Waals surface area (Å²) in [7, 11) is 2.43. The number of esters is 2. The molecule has 0 aromatic rings. The summed E-state index contributed by atoms with van der Waals surface area (Å²) in [5, 5.41) is 0. The fraction of sp³-hybridized carbons (Fsp3) is 0.538. The van der Waals surface area contributed by atoms with E-state index in [2.05, 4.69) is 22.0 Å². The normalized spacial score (nSPS) is 12.1. The summed E-state index contributed by atoms with van der Waals surface area (Å²) in [5.74, 6) is 0.938. The van der Waals surface area contributed by atoms with Crippen LogP contribution in [-0.2, 0) is 19.1 Å². The van der Waals surface area contributed by atoms with Crippen molar-refractivity contribution in [3.8, 4) is 12.3 Å². The van der Waals surface area contributed by atoms with Crippen molar-refractivity contribution in [2.45, 2.75) is 19.8 Å². The summed E-state index contributed by atoms with van der Waals surface area (Å²) in [6.45, 7) is 5.46. The fourth-order valence-electron chi connectivity index (χ4n) is 1.66. The van der Waals surface area contributed by atoms with Gasteiger partial charge in [-0.25, -0.2) is 0 Å². The zero-order valence-corrected chi connectivity index (χ0v) is 10.5. The minimum atomic E-state index is -1.44. The number of terminal acetylenes is 1. The van der Waals surface area contributed by atoms with E-state index >= 15 is 0 Å². The Morgan fingerprint density at radius 1 is 1.41 bits per heavy atom. The van der Waals surface area contributed by atoms with Gasteiger partial charge in [-0.1, -0.05) is 13.0 Å². The summed E-state index contributed by atoms with van der Waals surface area (Å²) in [6, 6.07) is 0. The third kappa shape index (κ3) is 3.35. The van der Waals surface area contributed by atoms with Gasteiger partial charge >= 0.3 is 11.9 Å². The molecule has 0 fully saturated rings. The molecule has 0 heterocycles. The molecule has 17 heavy (non-hydrogen) atoms. The van der Waals surface area contributed by atoms with Crippen molar-refractivity contribution in [1.82, 2.24) is 0 Å². The van der Waals surface area contributed by atoms with Crippen LogP contribution < -0.4 is 0 Å². The molecular formula is C13H18O4. The predicted molar refractivity (Wildman–Crippen MR) is 63.9 cm³/mol. The first-order valence-electron chi connectivity index (χ1n) is 5.21. The lowest BCUT2D eigenvalue weighted by molar-refractivity contribution is -0.170. The van der Waals surface area contributed by atoms with Crippen LogP contribution in [0, 0.1) is 23.7 Å². The number of carbonyl (C=O) groups is 2. The molecule has 0 rings (SSSR count). The molecule has 0 aromatic carbocycles. The van der Waals surface area contributed by atoms with Gasteiger partial charge in [0.1, 0.15) is 0 Å². The average molecular weight is 238 g/mol. The second kappa shape index (κ2) is 6.74. The van der Waals surface area contributed by atoms with Crippen LogP contribution in [0.25, 0.3) is 0 Å². The van der Waals surface area contributed by atoms with E-state index in [-0.39, 0.29) is 18.8 Å². The van der Waals surface area contributed by atoms with Crippen molar-refractivity contribution >= 4 is 11.9 Å². The molecule has 0 aliphatic rings. The molecule has 0 saturated heterocycles. The number of hydrogen-bond acceptors (Lipinski definition) is 4. The van der Waals surface area contributed by atoms with Gasteiger partial charge in [0.15, 0.2) is 5.41 Å². The van der Waals surface area contributed by atoms with Crippen LogP contribution in [0.1, 0.15) is 19.8 Å². The lowest BCUT2D eigenvalue weighted by atomic mass is 9.77. The maximum atomic E-state index is 11.8. The number of hydrogen-bond donors (Lipinski definition) is 0. The number of allylic oxidation sites excluding steroid dienone is 1. The lowest BCUT2D eigenvalue weighted by Gasteiger charge is -2.27. The van der Waals surface area contributed by atoms with Crippen molar-refractivity contribution < 1.29 is 19.1 Å². The first-order valence-corrected chi connectivity index (χ1v) is 5.21. The summed E-state index contributed by atoms with van der Waals surface area (Å²) < 4.78 is 9.33. The molecule has 1 unspecified atom stereocenters. The second-order valence-corrected chi connectivity index (χ2v) is 3.86. The van der Waals surface area contributed by atoms with E-state index in [0.29, 0.717) is 0 Å². The minimum absolute atomic E-state index is 0.0511. The topological polar surface area (TPSA) is 52.6 Å². The average Bonchev–Trinajstić information content (AvgIpc) is 2.35. The van der Waals surface area contributed by atoms with E-state index in [1.165, 1.54) is 14.2 Å². The number of rotatable bonds is 6. The van der Waals surface area contributed by atoms with Crippen molar-refractivity contribution in [1.29, 1.82) is 0 Å². The van der Waals surface area contributed by atoms with Gasteiger partial charge in [-0.05, 0) is 12.3 Å². The second-order valence-electron chi connectivity index (χ2n) is 3.86. The Labute approximate surface area is 102 Å². The summed E-state index contributed by atoms with van der Waals surface area (Å²) in [4.78, 5) is 23.6. The third-order valence-corrected chi connectivity index (χ3v) is 2.63. The molecule has 1 atom stereocenters. The van der Waals surface area contributed by atoms with Gasteiger partial charge < -0.3 is 9.47 Å². The highest BCUT2D eigenvalue weighted by Crippen LogP contribution is 2.33. The molecule has 0 aliphatic carbocycles. The Kier molecular flexibility index (Phi) is 6.05. The molecular weight excluding hydrogens is 220 g/mol. The number of ether oxygens (including phenoxy) is 2. The molecule has 0 amide bonds. The Balaban J connectivity index is 5.39. The SMILES string of the molecule is C#CCC(CC(C)C=C)(C(=O)OC)C(=O)OC. The predicted octanol–water partition coefficient (Wildman–Crippen LogP) is 1.55. The van der Waals surface area contributed by atoms with Crippen LogP contribution >= 0.6 is 0 Å². The van der Waals surface area contributed by atoms with E-state index in [4.69, 9.17) is 6.42 Å². The van der Waals surface area contributed by atoms with Gasteiger partial charge in [0.2, 0.25) is 0 Å². The molecule has 0 bridgehead atoms. The molecule has 4 heteroatoms. The molecule has 0 aliphatic heterocycles. The van der Waals surface area contributed by atoms with Crippen LogP contribution in [0.15, 0.2) is 12.7 Å². The van der Waals surface area contributed by atoms with Crippen molar-refractivity contribution in [3.63, 3.8) is 0 Å². The smallest absolute Gasteiger partial charge is 0.324 e. The van der Waals surface area contributed by atoms with Crippen LogP contribution in [-0.4, -0.2) is 26.2 Å². The van der Waals surface area contributed by atoms with E-state index < -0.39 is 17.4 Å². The van der Waals surface area contributed by atoms with Crippen LogP contribution in [0.3, 0.4) is 0 Å². The van der Waals surface area contributed by atoms with Gasteiger partial charge in [0.05, 0.1) is 14.2 Å². The Bertz CT molecular complexity index is 322. The Morgan fingerprint density at radius 3 is 2.18 bits per heavy atom. The quantitative estimate of drug-likeness (QED) is 0.305. The van der Waals surface area contributed by atoms with E-state index in [0.717, 1.165) is 0 Å². The lowest BCUT2D eigenvalue weighted by Crippen LogP contribution is -2.42. The molecule has 0 spiro atoms. The molecule has 0 radical (unpaired) electrons. The first-order chi connectivity index (χ1) is 7.98. The van der Waals surface area contributed by atoms with E-state index in [1.54, 1.807) is 6.08 Å². The molecule has 94 valence electrons. The van der Waals surface area contributed by atoms with Gasteiger partial charge in [0, 0.05) is 6.42 Å². The zero-order valence-electron chi connectivity index (χ0n) is 10.5. The van der Waals surface area contributed by atoms with Gasteiger partial charge in [-0.2, -0.15) is 0 Å². The molecule has 0 aromatic heterocycles. The van der Waals surface area contributed by atoms with E-state index in [9.17, 15) is 9.59 Å². The summed E-state index contributed by atoms with van der Waals surface area (Å²) in [5.41, 5.74) is -1.44. The third-order valence-electron chi connectivity index (χ3n) is 2.63. The maximum Gasteiger partial charge on any atom is 0.324 e. The zero-order chi connectivity index (χ0) is 13.5. The fourth-order valence-corrected chi connectivity index (χ4v) is 1.66. The van der Waals surface area contributed by atoms with Crippen molar-refractivity contribution in [3.05, 3.63) is 12.7 Å². The molecule has 4 nitrogen and oxygen atoms in total. The monoisotopic (exact) mass is 238 g/mol. The largest absolute Gasteiger partial charge is 0.468 e. The van der Waals surface area contributed by atoms with Crippen LogP contribution in [0.2, 0.25) is 0 Å². The Morgan fingerprint density at radius 2 is 1.88 bits per heavy atom. The Hall–Kier alpha value is -1.76. The highest BCUT2D eigenvalue weighted by atomic mass is 16.5. The van der Waals surface area contributed by atoms with Crippen LogP contribution in [0.4, 0.5) is 0 Å². The van der Waals surface area contributed by atoms with E-state index in [1.807, 2.05) is 6.92 Å². The highest BCUT2D eigenvalue weighted by molar-refractivity contribution is 6.00. The first kappa shape index (κ1) is 15.2. The highest BCUT2D eigenvalue weighted by Gasteiger charge is 2.48. The summed E-state index contributed by atoms with van der Waals surface area (Å²) in [6.07, 6.45) is 7.05. The van der Waals surface area contributed by atoms with Gasteiger partial charge in [-0.3, -0.25) is 9.59 Å². The number of carbonyl (C=O) groups excluding carboxylic acids is 2. The molecule has 0 N–H and O–H groups in total. The summed E-state index contributed by atoms with van der Waals surface area (Å²) >= 11 is 0. The van der Waals surface area contributed by atoms with Crippen LogP contribution in [0.5, 0.6) is 0 Å².